The standard InChI is InChI=1S/C20H24N2O3S/c1-4-24-18-7-5-6-15(12-18)19(23)22-20(26)21-16-8-10-17(11-9-16)25-13-14(2)3/h5-12,14H,4,13H2,1-3H3,(H2,21,22,23,26). The van der Waals surface area contributed by atoms with Crippen molar-refractivity contribution in [3.8, 4) is 11.5 Å². The topological polar surface area (TPSA) is 59.6 Å². The normalized spacial score (nSPS) is 10.3. The molecule has 0 aliphatic rings. The van der Waals surface area contributed by atoms with Crippen molar-refractivity contribution in [2.45, 2.75) is 20.8 Å². The van der Waals surface area contributed by atoms with Crippen molar-refractivity contribution in [3.63, 3.8) is 0 Å². The van der Waals surface area contributed by atoms with Gasteiger partial charge in [-0.3, -0.25) is 10.1 Å². The number of rotatable bonds is 7. The third-order valence-corrected chi connectivity index (χ3v) is 3.53. The number of ether oxygens (including phenoxy) is 2. The van der Waals surface area contributed by atoms with E-state index in [1.807, 2.05) is 31.2 Å². The van der Waals surface area contributed by atoms with Crippen LogP contribution in [0, 0.1) is 5.92 Å². The minimum absolute atomic E-state index is 0.229. The second kappa shape index (κ2) is 9.77. The zero-order valence-electron chi connectivity index (χ0n) is 15.2. The van der Waals surface area contributed by atoms with E-state index in [0.29, 0.717) is 30.4 Å². The van der Waals surface area contributed by atoms with E-state index in [9.17, 15) is 4.79 Å². The second-order valence-electron chi connectivity index (χ2n) is 6.10. The van der Waals surface area contributed by atoms with Gasteiger partial charge in [0, 0.05) is 11.3 Å². The van der Waals surface area contributed by atoms with Crippen molar-refractivity contribution in [2.24, 2.45) is 5.92 Å². The summed E-state index contributed by atoms with van der Waals surface area (Å²) in [5, 5.41) is 5.88. The number of anilines is 1. The number of amides is 1. The molecule has 0 aliphatic carbocycles. The van der Waals surface area contributed by atoms with Crippen LogP contribution in [0.2, 0.25) is 0 Å². The van der Waals surface area contributed by atoms with Crippen LogP contribution in [0.3, 0.4) is 0 Å². The smallest absolute Gasteiger partial charge is 0.257 e. The monoisotopic (exact) mass is 372 g/mol. The second-order valence-corrected chi connectivity index (χ2v) is 6.51. The first-order valence-electron chi connectivity index (χ1n) is 8.56. The van der Waals surface area contributed by atoms with Gasteiger partial charge in [0.2, 0.25) is 0 Å². The summed E-state index contributed by atoms with van der Waals surface area (Å²) < 4.78 is 11.0. The molecule has 2 aromatic rings. The Kier molecular flexibility index (Phi) is 7.41. The number of hydrogen-bond acceptors (Lipinski definition) is 4. The molecule has 5 nitrogen and oxygen atoms in total. The molecule has 0 bridgehead atoms. The molecule has 0 atom stereocenters. The van der Waals surface area contributed by atoms with E-state index in [-0.39, 0.29) is 11.0 Å². The van der Waals surface area contributed by atoms with Crippen LogP contribution >= 0.6 is 12.2 Å². The fourth-order valence-electron chi connectivity index (χ4n) is 2.13. The predicted molar refractivity (Wildman–Crippen MR) is 108 cm³/mol. The third kappa shape index (κ3) is 6.37. The summed E-state index contributed by atoms with van der Waals surface area (Å²) in [4.78, 5) is 12.3. The van der Waals surface area contributed by atoms with Crippen molar-refractivity contribution in [1.29, 1.82) is 0 Å². The zero-order valence-corrected chi connectivity index (χ0v) is 16.1. The van der Waals surface area contributed by atoms with Crippen molar-refractivity contribution in [1.82, 2.24) is 5.32 Å². The molecular weight excluding hydrogens is 348 g/mol. The van der Waals surface area contributed by atoms with Crippen molar-refractivity contribution in [3.05, 3.63) is 54.1 Å². The lowest BCUT2D eigenvalue weighted by Gasteiger charge is -2.12. The minimum Gasteiger partial charge on any atom is -0.494 e. The van der Waals surface area contributed by atoms with Crippen LogP contribution in [-0.4, -0.2) is 24.2 Å². The highest BCUT2D eigenvalue weighted by molar-refractivity contribution is 7.80. The van der Waals surface area contributed by atoms with Gasteiger partial charge in [0.25, 0.3) is 5.91 Å². The van der Waals surface area contributed by atoms with Gasteiger partial charge in [0.1, 0.15) is 11.5 Å². The molecule has 0 spiro atoms. The van der Waals surface area contributed by atoms with E-state index < -0.39 is 0 Å². The quantitative estimate of drug-likeness (QED) is 0.712. The Hall–Kier alpha value is -2.60. The molecule has 0 radical (unpaired) electrons. The van der Waals surface area contributed by atoms with Gasteiger partial charge < -0.3 is 14.8 Å². The van der Waals surface area contributed by atoms with Crippen LogP contribution in [0.4, 0.5) is 5.69 Å². The first-order valence-corrected chi connectivity index (χ1v) is 8.96. The van der Waals surface area contributed by atoms with Crippen molar-refractivity contribution < 1.29 is 14.3 Å². The van der Waals surface area contributed by atoms with Gasteiger partial charge in [-0.15, -0.1) is 0 Å². The fraction of sp³-hybridized carbons (Fsp3) is 0.300. The third-order valence-electron chi connectivity index (χ3n) is 3.33. The maximum Gasteiger partial charge on any atom is 0.257 e. The molecule has 26 heavy (non-hydrogen) atoms. The molecule has 2 rings (SSSR count). The minimum atomic E-state index is -0.291. The number of nitrogens with one attached hydrogen (secondary N) is 2. The molecule has 0 aromatic heterocycles. The molecule has 138 valence electrons. The Labute approximate surface area is 159 Å². The Morgan fingerprint density at radius 2 is 1.81 bits per heavy atom. The van der Waals surface area contributed by atoms with E-state index in [1.165, 1.54) is 0 Å². The number of carbonyl (C=O) groups excluding carboxylic acids is 1. The van der Waals surface area contributed by atoms with Crippen LogP contribution in [0.15, 0.2) is 48.5 Å². The van der Waals surface area contributed by atoms with E-state index in [0.717, 1.165) is 11.4 Å². The summed E-state index contributed by atoms with van der Waals surface area (Å²) in [6, 6.07) is 14.4. The lowest BCUT2D eigenvalue weighted by molar-refractivity contribution is 0.0977. The van der Waals surface area contributed by atoms with Crippen LogP contribution in [0.25, 0.3) is 0 Å². The van der Waals surface area contributed by atoms with Crippen LogP contribution < -0.4 is 20.1 Å². The van der Waals surface area contributed by atoms with Gasteiger partial charge >= 0.3 is 0 Å². The highest BCUT2D eigenvalue weighted by Gasteiger charge is 2.09. The van der Waals surface area contributed by atoms with Gasteiger partial charge in [0.05, 0.1) is 13.2 Å². The lowest BCUT2D eigenvalue weighted by atomic mass is 10.2. The number of benzene rings is 2. The Bertz CT molecular complexity index is 745. The first kappa shape index (κ1) is 19.7. The van der Waals surface area contributed by atoms with E-state index >= 15 is 0 Å². The van der Waals surface area contributed by atoms with E-state index in [1.54, 1.807) is 24.3 Å². The summed E-state index contributed by atoms with van der Waals surface area (Å²) in [6.07, 6.45) is 0. The van der Waals surface area contributed by atoms with E-state index in [2.05, 4.69) is 24.5 Å². The largest absolute Gasteiger partial charge is 0.494 e. The van der Waals surface area contributed by atoms with Crippen molar-refractivity contribution in [2.75, 3.05) is 18.5 Å². The summed E-state index contributed by atoms with van der Waals surface area (Å²) in [5.74, 6) is 1.63. The predicted octanol–water partition coefficient (Wildman–Crippen LogP) is 4.25. The van der Waals surface area contributed by atoms with Gasteiger partial charge in [-0.2, -0.15) is 0 Å². The fourth-order valence-corrected chi connectivity index (χ4v) is 2.34. The number of hydrogen-bond donors (Lipinski definition) is 2. The van der Waals surface area contributed by atoms with Crippen LogP contribution in [0.5, 0.6) is 11.5 Å². The molecule has 2 N–H and O–H groups in total. The van der Waals surface area contributed by atoms with Crippen LogP contribution in [0.1, 0.15) is 31.1 Å². The van der Waals surface area contributed by atoms with Crippen LogP contribution in [-0.2, 0) is 0 Å². The molecule has 2 aromatic carbocycles. The molecule has 0 saturated carbocycles. The average molecular weight is 372 g/mol. The van der Waals surface area contributed by atoms with Gasteiger partial charge in [-0.05, 0) is 67.5 Å². The molecule has 0 heterocycles. The lowest BCUT2D eigenvalue weighted by Crippen LogP contribution is -2.34. The van der Waals surface area contributed by atoms with Gasteiger partial charge in [-0.1, -0.05) is 19.9 Å². The summed E-state index contributed by atoms with van der Waals surface area (Å²) in [5.41, 5.74) is 1.26. The maximum atomic E-state index is 12.3. The Morgan fingerprint density at radius 3 is 2.46 bits per heavy atom. The summed E-state index contributed by atoms with van der Waals surface area (Å²) in [6.45, 7) is 7.30. The SMILES string of the molecule is CCOc1cccc(C(=O)NC(=S)Nc2ccc(OCC(C)C)cc2)c1. The highest BCUT2D eigenvalue weighted by atomic mass is 32.1. The van der Waals surface area contributed by atoms with Gasteiger partial charge in [0.15, 0.2) is 5.11 Å². The molecule has 0 saturated heterocycles. The molecular formula is C20H24N2O3S. The average Bonchev–Trinajstić information content (AvgIpc) is 2.61. The zero-order chi connectivity index (χ0) is 18.9. The molecule has 0 aliphatic heterocycles. The summed E-state index contributed by atoms with van der Waals surface area (Å²) >= 11 is 5.21. The molecule has 1 amide bonds. The Morgan fingerprint density at radius 1 is 1.08 bits per heavy atom. The molecule has 0 fully saturated rings. The maximum absolute atomic E-state index is 12.3. The van der Waals surface area contributed by atoms with Gasteiger partial charge in [-0.25, -0.2) is 0 Å². The Balaban J connectivity index is 1.89. The first-order chi connectivity index (χ1) is 12.5. The van der Waals surface area contributed by atoms with E-state index in [4.69, 9.17) is 21.7 Å². The van der Waals surface area contributed by atoms with Crippen molar-refractivity contribution >= 4 is 28.9 Å². The molecule has 0 unspecified atom stereocenters. The molecule has 6 heteroatoms. The highest BCUT2D eigenvalue weighted by Crippen LogP contribution is 2.17. The number of thiocarbonyl (C=S) groups is 1. The summed E-state index contributed by atoms with van der Waals surface area (Å²) in [7, 11) is 0. The number of carbonyl (C=O) groups is 1.